The van der Waals surface area contributed by atoms with Gasteiger partial charge >= 0.3 is 0 Å². The summed E-state index contributed by atoms with van der Waals surface area (Å²) in [6.07, 6.45) is 2.36. The SMILES string of the molecule is COc1cc(N=CN(C)C)c(C)cc1C1CC(c2ccccc2)=NO1. The zero-order valence-corrected chi connectivity index (χ0v) is 15.1. The van der Waals surface area contributed by atoms with Crippen molar-refractivity contribution in [1.82, 2.24) is 4.90 Å². The first-order valence-electron chi connectivity index (χ1n) is 8.25. The molecule has 0 aliphatic carbocycles. The molecule has 0 saturated carbocycles. The number of oxime groups is 1. The van der Waals surface area contributed by atoms with Crippen LogP contribution in [0.15, 0.2) is 52.6 Å². The fourth-order valence-electron chi connectivity index (χ4n) is 2.79. The van der Waals surface area contributed by atoms with Gasteiger partial charge in [-0.2, -0.15) is 0 Å². The van der Waals surface area contributed by atoms with Gasteiger partial charge in [0.1, 0.15) is 5.75 Å². The van der Waals surface area contributed by atoms with Crippen molar-refractivity contribution in [3.05, 3.63) is 59.2 Å². The van der Waals surface area contributed by atoms with Crippen molar-refractivity contribution < 1.29 is 9.57 Å². The second-order valence-electron chi connectivity index (χ2n) is 6.29. The van der Waals surface area contributed by atoms with Gasteiger partial charge in [-0.15, -0.1) is 0 Å². The fraction of sp³-hybridized carbons (Fsp3) is 0.300. The van der Waals surface area contributed by atoms with Gasteiger partial charge < -0.3 is 14.5 Å². The topological polar surface area (TPSA) is 46.4 Å². The van der Waals surface area contributed by atoms with E-state index in [4.69, 9.17) is 9.57 Å². The molecule has 5 heteroatoms. The maximum absolute atomic E-state index is 5.70. The Kier molecular flexibility index (Phi) is 5.03. The highest BCUT2D eigenvalue weighted by Crippen LogP contribution is 2.38. The molecule has 1 aliphatic heterocycles. The number of ether oxygens (including phenoxy) is 1. The lowest BCUT2D eigenvalue weighted by Crippen LogP contribution is -2.07. The molecular formula is C20H23N3O2. The molecule has 130 valence electrons. The summed E-state index contributed by atoms with van der Waals surface area (Å²) in [4.78, 5) is 12.1. The highest BCUT2D eigenvalue weighted by molar-refractivity contribution is 6.01. The summed E-state index contributed by atoms with van der Waals surface area (Å²) in [5, 5.41) is 4.28. The molecule has 0 amide bonds. The highest BCUT2D eigenvalue weighted by Gasteiger charge is 2.27. The molecule has 0 aromatic heterocycles. The van der Waals surface area contributed by atoms with Crippen LogP contribution < -0.4 is 4.74 Å². The van der Waals surface area contributed by atoms with Crippen molar-refractivity contribution in [1.29, 1.82) is 0 Å². The molecule has 0 bridgehead atoms. The molecule has 2 aromatic carbocycles. The van der Waals surface area contributed by atoms with Crippen LogP contribution in [0.2, 0.25) is 0 Å². The molecule has 1 heterocycles. The molecular weight excluding hydrogens is 314 g/mol. The molecule has 3 rings (SSSR count). The van der Waals surface area contributed by atoms with Crippen LogP contribution in [0, 0.1) is 6.92 Å². The summed E-state index contributed by atoms with van der Waals surface area (Å²) < 4.78 is 5.58. The smallest absolute Gasteiger partial charge is 0.161 e. The monoisotopic (exact) mass is 337 g/mol. The fourth-order valence-corrected chi connectivity index (χ4v) is 2.79. The lowest BCUT2D eigenvalue weighted by molar-refractivity contribution is 0.0836. The molecule has 1 aliphatic rings. The minimum absolute atomic E-state index is 0.143. The third-order valence-electron chi connectivity index (χ3n) is 4.10. The third kappa shape index (κ3) is 3.82. The van der Waals surface area contributed by atoms with E-state index < -0.39 is 0 Å². The Labute approximate surface area is 148 Å². The second kappa shape index (κ2) is 7.38. The van der Waals surface area contributed by atoms with E-state index in [1.807, 2.05) is 62.3 Å². The normalized spacial score (nSPS) is 16.6. The Bertz CT molecular complexity index is 798. The summed E-state index contributed by atoms with van der Waals surface area (Å²) in [6.45, 7) is 2.04. The van der Waals surface area contributed by atoms with Crippen LogP contribution in [-0.2, 0) is 4.84 Å². The van der Waals surface area contributed by atoms with Crippen LogP contribution in [0.1, 0.15) is 29.2 Å². The van der Waals surface area contributed by atoms with Crippen LogP contribution in [0.25, 0.3) is 0 Å². The minimum atomic E-state index is -0.143. The molecule has 0 saturated heterocycles. The predicted octanol–water partition coefficient (Wildman–Crippen LogP) is 4.09. The van der Waals surface area contributed by atoms with Crippen molar-refractivity contribution >= 4 is 17.7 Å². The Balaban J connectivity index is 1.85. The van der Waals surface area contributed by atoms with Crippen molar-refractivity contribution in [2.75, 3.05) is 21.2 Å². The van der Waals surface area contributed by atoms with Gasteiger partial charge in [0, 0.05) is 32.1 Å². The van der Waals surface area contributed by atoms with Gasteiger partial charge in [-0.05, 0) is 24.1 Å². The van der Waals surface area contributed by atoms with Gasteiger partial charge in [0.2, 0.25) is 0 Å². The van der Waals surface area contributed by atoms with Gasteiger partial charge in [-0.25, -0.2) is 4.99 Å². The maximum atomic E-state index is 5.70. The maximum Gasteiger partial charge on any atom is 0.161 e. The van der Waals surface area contributed by atoms with Crippen molar-refractivity contribution in [2.24, 2.45) is 10.1 Å². The number of rotatable bonds is 5. The van der Waals surface area contributed by atoms with Gasteiger partial charge in [-0.1, -0.05) is 35.5 Å². The standard InChI is InChI=1S/C20H23N3O2/c1-14-10-16(19(24-4)11-17(14)21-13-23(2)3)20-12-18(22-25-20)15-8-6-5-7-9-15/h5-11,13,20H,12H2,1-4H3. The summed E-state index contributed by atoms with van der Waals surface area (Å²) in [5.41, 5.74) is 5.01. The minimum Gasteiger partial charge on any atom is -0.496 e. The molecule has 5 nitrogen and oxygen atoms in total. The molecule has 0 N–H and O–H groups in total. The quantitative estimate of drug-likeness (QED) is 0.610. The number of hydrogen-bond acceptors (Lipinski definition) is 4. The van der Waals surface area contributed by atoms with E-state index in [1.54, 1.807) is 13.4 Å². The van der Waals surface area contributed by atoms with E-state index >= 15 is 0 Å². The van der Waals surface area contributed by atoms with Crippen LogP contribution in [0.5, 0.6) is 5.75 Å². The number of aliphatic imine (C=N–C) groups is 1. The third-order valence-corrected chi connectivity index (χ3v) is 4.10. The molecule has 0 spiro atoms. The molecule has 0 fully saturated rings. The van der Waals surface area contributed by atoms with E-state index in [-0.39, 0.29) is 6.10 Å². The summed E-state index contributed by atoms with van der Waals surface area (Å²) >= 11 is 0. The van der Waals surface area contributed by atoms with Crippen molar-refractivity contribution in [3.63, 3.8) is 0 Å². The van der Waals surface area contributed by atoms with Crippen LogP contribution >= 0.6 is 0 Å². The van der Waals surface area contributed by atoms with Gasteiger partial charge in [0.25, 0.3) is 0 Å². The Morgan fingerprint density at radius 1 is 1.24 bits per heavy atom. The molecule has 2 aromatic rings. The number of hydrogen-bond donors (Lipinski definition) is 0. The second-order valence-corrected chi connectivity index (χ2v) is 6.29. The van der Waals surface area contributed by atoms with E-state index in [2.05, 4.69) is 16.2 Å². The number of benzene rings is 2. The Hall–Kier alpha value is -2.82. The van der Waals surface area contributed by atoms with E-state index in [9.17, 15) is 0 Å². The predicted molar refractivity (Wildman–Crippen MR) is 101 cm³/mol. The first-order chi connectivity index (χ1) is 12.1. The largest absolute Gasteiger partial charge is 0.496 e. The van der Waals surface area contributed by atoms with Crippen LogP contribution in [0.3, 0.4) is 0 Å². The summed E-state index contributed by atoms with van der Waals surface area (Å²) in [5.74, 6) is 0.769. The molecule has 0 radical (unpaired) electrons. The number of nitrogens with zero attached hydrogens (tertiary/aromatic N) is 3. The lowest BCUT2D eigenvalue weighted by Gasteiger charge is -2.16. The number of aryl methyl sites for hydroxylation is 1. The first-order valence-corrected chi connectivity index (χ1v) is 8.25. The van der Waals surface area contributed by atoms with Gasteiger partial charge in [0.15, 0.2) is 6.10 Å². The highest BCUT2D eigenvalue weighted by atomic mass is 16.6. The van der Waals surface area contributed by atoms with E-state index in [1.165, 1.54) is 0 Å². The van der Waals surface area contributed by atoms with Crippen molar-refractivity contribution in [2.45, 2.75) is 19.4 Å². The van der Waals surface area contributed by atoms with Gasteiger partial charge in [0.05, 0.1) is 24.8 Å². The summed E-state index contributed by atoms with van der Waals surface area (Å²) in [7, 11) is 5.56. The van der Waals surface area contributed by atoms with Crippen LogP contribution in [-0.4, -0.2) is 38.2 Å². The Morgan fingerprint density at radius 2 is 2.00 bits per heavy atom. The van der Waals surface area contributed by atoms with Crippen molar-refractivity contribution in [3.8, 4) is 5.75 Å². The van der Waals surface area contributed by atoms with Crippen LogP contribution in [0.4, 0.5) is 5.69 Å². The Morgan fingerprint density at radius 3 is 2.68 bits per heavy atom. The molecule has 1 unspecified atom stereocenters. The zero-order chi connectivity index (χ0) is 17.8. The van der Waals surface area contributed by atoms with E-state index in [0.29, 0.717) is 0 Å². The first kappa shape index (κ1) is 17.0. The molecule has 1 atom stereocenters. The average Bonchev–Trinajstić information content (AvgIpc) is 3.11. The number of methoxy groups -OCH3 is 1. The zero-order valence-electron chi connectivity index (χ0n) is 15.1. The molecule has 25 heavy (non-hydrogen) atoms. The van der Waals surface area contributed by atoms with Gasteiger partial charge in [-0.3, -0.25) is 0 Å². The average molecular weight is 337 g/mol. The van der Waals surface area contributed by atoms with E-state index in [0.717, 1.165) is 40.3 Å². The summed E-state index contributed by atoms with van der Waals surface area (Å²) in [6, 6.07) is 14.1. The lowest BCUT2D eigenvalue weighted by atomic mass is 9.97.